The van der Waals surface area contributed by atoms with Gasteiger partial charge in [0.1, 0.15) is 5.75 Å². The molecule has 0 radical (unpaired) electrons. The Kier molecular flexibility index (Phi) is 4.39. The molecule has 2 aromatic rings. The molecule has 0 saturated heterocycles. The van der Waals surface area contributed by atoms with Crippen molar-refractivity contribution in [3.05, 3.63) is 54.2 Å². The van der Waals surface area contributed by atoms with Crippen LogP contribution in [-0.2, 0) is 15.6 Å². The third kappa shape index (κ3) is 3.57. The van der Waals surface area contributed by atoms with Crippen molar-refractivity contribution in [1.82, 2.24) is 4.98 Å². The van der Waals surface area contributed by atoms with Crippen molar-refractivity contribution in [3.63, 3.8) is 0 Å². The van der Waals surface area contributed by atoms with Gasteiger partial charge in [0, 0.05) is 11.8 Å². The van der Waals surface area contributed by atoms with Crippen LogP contribution >= 0.6 is 0 Å². The molecular formula is C15H17NO3S. The highest BCUT2D eigenvalue weighted by atomic mass is 32.2. The molecule has 4 nitrogen and oxygen atoms in total. The van der Waals surface area contributed by atoms with Crippen LogP contribution in [0.4, 0.5) is 0 Å². The lowest BCUT2D eigenvalue weighted by molar-refractivity contribution is 0.240. The Morgan fingerprint density at radius 3 is 2.45 bits per heavy atom. The summed E-state index contributed by atoms with van der Waals surface area (Å²) in [6.45, 7) is 3.81. The van der Waals surface area contributed by atoms with E-state index in [0.717, 1.165) is 0 Å². The zero-order valence-corrected chi connectivity index (χ0v) is 12.3. The predicted molar refractivity (Wildman–Crippen MR) is 77.3 cm³/mol. The Hall–Kier alpha value is -1.88. The van der Waals surface area contributed by atoms with Crippen LogP contribution in [0.3, 0.4) is 0 Å². The number of benzene rings is 1. The highest BCUT2D eigenvalue weighted by Crippen LogP contribution is 2.23. The van der Waals surface area contributed by atoms with Crippen LogP contribution in [0.25, 0.3) is 0 Å². The molecule has 5 heteroatoms. The molecule has 0 amide bonds. The zero-order chi connectivity index (χ0) is 14.6. The Morgan fingerprint density at radius 2 is 1.80 bits per heavy atom. The summed E-state index contributed by atoms with van der Waals surface area (Å²) in [5.41, 5.74) is 0.645. The molecule has 20 heavy (non-hydrogen) atoms. The first-order valence-corrected chi connectivity index (χ1v) is 8.02. The molecular weight excluding hydrogens is 274 g/mol. The fourth-order valence-electron chi connectivity index (χ4n) is 1.80. The minimum Gasteiger partial charge on any atom is -0.491 e. The average Bonchev–Trinajstić information content (AvgIpc) is 2.41. The van der Waals surface area contributed by atoms with E-state index in [1.165, 1.54) is 12.3 Å². The summed E-state index contributed by atoms with van der Waals surface area (Å²) in [4.78, 5) is 3.91. The third-order valence-corrected chi connectivity index (χ3v) is 4.21. The van der Waals surface area contributed by atoms with Crippen LogP contribution < -0.4 is 4.74 Å². The molecule has 0 atom stereocenters. The number of para-hydroxylation sites is 1. The van der Waals surface area contributed by atoms with Gasteiger partial charge in [-0.25, -0.2) is 13.4 Å². The van der Waals surface area contributed by atoms with Gasteiger partial charge >= 0.3 is 0 Å². The van der Waals surface area contributed by atoms with E-state index >= 15 is 0 Å². The van der Waals surface area contributed by atoms with E-state index in [1.54, 1.807) is 30.3 Å². The number of hydrogen-bond donors (Lipinski definition) is 0. The molecule has 1 aromatic carbocycles. The van der Waals surface area contributed by atoms with Crippen LogP contribution in [0, 0.1) is 0 Å². The fourth-order valence-corrected chi connectivity index (χ4v) is 3.10. The largest absolute Gasteiger partial charge is 0.491 e. The highest BCUT2D eigenvalue weighted by Gasteiger charge is 2.19. The summed E-state index contributed by atoms with van der Waals surface area (Å²) >= 11 is 0. The van der Waals surface area contributed by atoms with Gasteiger partial charge in [-0.15, -0.1) is 0 Å². The molecule has 0 aliphatic carbocycles. The molecule has 106 valence electrons. The quantitative estimate of drug-likeness (QED) is 0.850. The molecule has 0 fully saturated rings. The van der Waals surface area contributed by atoms with E-state index in [1.807, 2.05) is 19.9 Å². The molecule has 0 unspecified atom stereocenters. The maximum absolute atomic E-state index is 12.3. The topological polar surface area (TPSA) is 56.3 Å². The summed E-state index contributed by atoms with van der Waals surface area (Å²) in [6, 6.07) is 12.0. The number of rotatable bonds is 5. The Balaban J connectivity index is 2.31. The number of nitrogens with zero attached hydrogens (tertiary/aromatic N) is 1. The van der Waals surface area contributed by atoms with Crippen molar-refractivity contribution < 1.29 is 13.2 Å². The SMILES string of the molecule is CC(C)Oc1ccccc1CS(=O)(=O)c1ccccn1. The Labute approximate surface area is 119 Å². The summed E-state index contributed by atoms with van der Waals surface area (Å²) < 4.78 is 30.3. The molecule has 0 bridgehead atoms. The second kappa shape index (κ2) is 6.05. The van der Waals surface area contributed by atoms with Gasteiger partial charge in [-0.3, -0.25) is 0 Å². The normalized spacial score (nSPS) is 11.6. The van der Waals surface area contributed by atoms with Gasteiger partial charge in [0.25, 0.3) is 0 Å². The lowest BCUT2D eigenvalue weighted by atomic mass is 10.2. The van der Waals surface area contributed by atoms with Crippen molar-refractivity contribution >= 4 is 9.84 Å². The minimum absolute atomic E-state index is 0.00583. The number of sulfone groups is 1. The summed E-state index contributed by atoms with van der Waals surface area (Å²) in [5.74, 6) is 0.481. The number of aromatic nitrogens is 1. The van der Waals surface area contributed by atoms with Gasteiger partial charge in [-0.05, 0) is 32.0 Å². The standard InChI is InChI=1S/C15H17NO3S/c1-12(2)19-14-8-4-3-7-13(14)11-20(17,18)15-9-5-6-10-16-15/h3-10,12H,11H2,1-2H3. The molecule has 0 saturated carbocycles. The van der Waals surface area contributed by atoms with Crippen molar-refractivity contribution in [2.45, 2.75) is 30.7 Å². The maximum atomic E-state index is 12.3. The number of pyridine rings is 1. The molecule has 0 spiro atoms. The lowest BCUT2D eigenvalue weighted by Gasteiger charge is -2.14. The number of hydrogen-bond acceptors (Lipinski definition) is 4. The Morgan fingerprint density at radius 1 is 1.10 bits per heavy atom. The highest BCUT2D eigenvalue weighted by molar-refractivity contribution is 7.90. The van der Waals surface area contributed by atoms with Crippen LogP contribution in [0.1, 0.15) is 19.4 Å². The third-order valence-electron chi connectivity index (χ3n) is 2.64. The summed E-state index contributed by atoms with van der Waals surface area (Å²) in [5, 5.41) is 0.0827. The van der Waals surface area contributed by atoms with Gasteiger partial charge in [-0.1, -0.05) is 24.3 Å². The van der Waals surface area contributed by atoms with Crippen molar-refractivity contribution in [2.75, 3.05) is 0 Å². The smallest absolute Gasteiger partial charge is 0.199 e. The van der Waals surface area contributed by atoms with Gasteiger partial charge in [0.15, 0.2) is 14.9 Å². The first-order valence-electron chi connectivity index (χ1n) is 6.37. The average molecular weight is 291 g/mol. The number of ether oxygens (including phenoxy) is 1. The lowest BCUT2D eigenvalue weighted by Crippen LogP contribution is -2.11. The van der Waals surface area contributed by atoms with Crippen molar-refractivity contribution in [2.24, 2.45) is 0 Å². The van der Waals surface area contributed by atoms with Gasteiger partial charge in [-0.2, -0.15) is 0 Å². The molecule has 0 aliphatic rings. The summed E-state index contributed by atoms with van der Waals surface area (Å²) in [7, 11) is -3.46. The van der Waals surface area contributed by atoms with E-state index in [9.17, 15) is 8.42 Å². The molecule has 1 heterocycles. The van der Waals surface area contributed by atoms with Crippen LogP contribution in [0.5, 0.6) is 5.75 Å². The van der Waals surface area contributed by atoms with Crippen LogP contribution in [-0.4, -0.2) is 19.5 Å². The monoisotopic (exact) mass is 291 g/mol. The van der Waals surface area contributed by atoms with E-state index in [-0.39, 0.29) is 16.9 Å². The molecule has 1 aromatic heterocycles. The van der Waals surface area contributed by atoms with Crippen LogP contribution in [0.15, 0.2) is 53.7 Å². The first-order chi connectivity index (χ1) is 9.49. The van der Waals surface area contributed by atoms with Gasteiger partial charge in [0.2, 0.25) is 0 Å². The van der Waals surface area contributed by atoms with Crippen molar-refractivity contribution in [1.29, 1.82) is 0 Å². The zero-order valence-electron chi connectivity index (χ0n) is 11.5. The van der Waals surface area contributed by atoms with E-state index in [4.69, 9.17) is 4.74 Å². The van der Waals surface area contributed by atoms with Crippen LogP contribution in [0.2, 0.25) is 0 Å². The minimum atomic E-state index is -3.46. The molecule has 0 aliphatic heterocycles. The first kappa shape index (κ1) is 14.5. The fraction of sp³-hybridized carbons (Fsp3) is 0.267. The predicted octanol–water partition coefficient (Wildman–Crippen LogP) is 2.84. The maximum Gasteiger partial charge on any atom is 0.199 e. The van der Waals surface area contributed by atoms with E-state index in [0.29, 0.717) is 11.3 Å². The molecule has 0 N–H and O–H groups in total. The Bertz CT molecular complexity index is 667. The van der Waals surface area contributed by atoms with E-state index < -0.39 is 9.84 Å². The van der Waals surface area contributed by atoms with Crippen molar-refractivity contribution in [3.8, 4) is 5.75 Å². The van der Waals surface area contributed by atoms with Gasteiger partial charge in [0.05, 0.1) is 11.9 Å². The molecule has 2 rings (SSSR count). The van der Waals surface area contributed by atoms with E-state index in [2.05, 4.69) is 4.98 Å². The van der Waals surface area contributed by atoms with Gasteiger partial charge < -0.3 is 4.74 Å². The second-order valence-corrected chi connectivity index (χ2v) is 6.64. The second-order valence-electron chi connectivity index (χ2n) is 4.70. The summed E-state index contributed by atoms with van der Waals surface area (Å²) in [6.07, 6.45) is 1.47.